The van der Waals surface area contributed by atoms with Gasteiger partial charge < -0.3 is 9.32 Å². The third kappa shape index (κ3) is 4.74. The Hall–Kier alpha value is -3.31. The Bertz CT molecular complexity index is 1340. The van der Waals surface area contributed by atoms with Crippen LogP contribution in [0, 0.1) is 19.7 Å². The molecule has 1 aromatic heterocycles. The van der Waals surface area contributed by atoms with Crippen LogP contribution in [0.5, 0.6) is 0 Å². The average molecular weight is 475 g/mol. The van der Waals surface area contributed by atoms with Gasteiger partial charge in [-0.2, -0.15) is 8.99 Å². The van der Waals surface area contributed by atoms with Gasteiger partial charge in [0.15, 0.2) is 0 Å². The van der Waals surface area contributed by atoms with Crippen LogP contribution in [0.3, 0.4) is 0 Å². The molecule has 0 spiro atoms. The molecule has 0 N–H and O–H groups in total. The largest absolute Gasteiger partial charge is 0.437 e. The molecule has 9 nitrogen and oxygen atoms in total. The van der Waals surface area contributed by atoms with Gasteiger partial charge in [-0.3, -0.25) is 4.79 Å². The van der Waals surface area contributed by atoms with E-state index in [1.807, 2.05) is 13.8 Å². The lowest BCUT2D eigenvalue weighted by atomic mass is 10.1. The minimum absolute atomic E-state index is 0.0166. The summed E-state index contributed by atoms with van der Waals surface area (Å²) >= 11 is 0. The summed E-state index contributed by atoms with van der Waals surface area (Å²) in [6.45, 7) is 4.12. The van der Waals surface area contributed by atoms with Crippen molar-refractivity contribution < 1.29 is 22.0 Å². The monoisotopic (exact) mass is 474 g/mol. The number of benzene rings is 2. The molecule has 3 aromatic rings. The lowest BCUT2D eigenvalue weighted by Gasteiger charge is -2.34. The van der Waals surface area contributed by atoms with Crippen LogP contribution in [-0.4, -0.2) is 59.5 Å². The van der Waals surface area contributed by atoms with Crippen LogP contribution in [0.2, 0.25) is 0 Å². The van der Waals surface area contributed by atoms with Gasteiger partial charge in [-0.25, -0.2) is 17.6 Å². The topological polar surface area (TPSA) is 106 Å². The molecule has 0 unspecified atom stereocenters. The van der Waals surface area contributed by atoms with Gasteiger partial charge >= 0.3 is 5.76 Å². The Morgan fingerprint density at radius 1 is 1.03 bits per heavy atom. The average Bonchev–Trinajstić information content (AvgIpc) is 3.16. The summed E-state index contributed by atoms with van der Waals surface area (Å²) in [4.78, 5) is 26.5. The van der Waals surface area contributed by atoms with Crippen LogP contribution >= 0.6 is 0 Å². The summed E-state index contributed by atoms with van der Waals surface area (Å²) in [5, 5.41) is 4.01. The number of aromatic nitrogens is 2. The Morgan fingerprint density at radius 2 is 1.70 bits per heavy atom. The third-order valence-corrected chi connectivity index (χ3v) is 7.58. The molecule has 11 heteroatoms. The van der Waals surface area contributed by atoms with E-state index in [0.29, 0.717) is 5.56 Å². The maximum absolute atomic E-state index is 13.1. The highest BCUT2D eigenvalue weighted by Crippen LogP contribution is 2.21. The number of nitrogens with zero attached hydrogens (tertiary/aromatic N) is 4. The second-order valence-electron chi connectivity index (χ2n) is 7.87. The van der Waals surface area contributed by atoms with Gasteiger partial charge in [0.1, 0.15) is 12.4 Å². The van der Waals surface area contributed by atoms with Gasteiger partial charge in [-0.1, -0.05) is 6.07 Å². The van der Waals surface area contributed by atoms with Crippen molar-refractivity contribution in [3.63, 3.8) is 0 Å². The van der Waals surface area contributed by atoms with Crippen molar-refractivity contribution in [2.45, 2.75) is 25.3 Å². The third-order valence-electron chi connectivity index (χ3n) is 5.69. The highest BCUT2D eigenvalue weighted by atomic mass is 32.2. The number of halogens is 1. The molecule has 1 aliphatic rings. The number of carbonyl (C=O) groups is 1. The van der Waals surface area contributed by atoms with Crippen molar-refractivity contribution in [2.24, 2.45) is 0 Å². The van der Waals surface area contributed by atoms with E-state index in [-0.39, 0.29) is 49.4 Å². The van der Waals surface area contributed by atoms with Gasteiger partial charge in [-0.15, -0.1) is 5.10 Å². The molecular formula is C22H23FN4O5S. The molecule has 4 rings (SSSR count). The quantitative estimate of drug-likeness (QED) is 0.558. The fourth-order valence-corrected chi connectivity index (χ4v) is 5.05. The fourth-order valence-electron chi connectivity index (χ4n) is 3.54. The Balaban J connectivity index is 1.40. The lowest BCUT2D eigenvalue weighted by molar-refractivity contribution is -0.133. The van der Waals surface area contributed by atoms with Crippen molar-refractivity contribution in [3.8, 4) is 11.5 Å². The first kappa shape index (κ1) is 22.9. The summed E-state index contributed by atoms with van der Waals surface area (Å²) in [5.41, 5.74) is 2.31. The standard InChI is InChI=1S/C22H23FN4O5S/c1-15-3-8-19(13-16(15)2)33(30,31)26-11-9-25(10-12-26)20(28)14-27-22(29)32-21(24-27)17-4-6-18(23)7-5-17/h3-8,13H,9-12,14H2,1-2H3. The van der Waals surface area contributed by atoms with E-state index in [4.69, 9.17) is 4.42 Å². The molecular weight excluding hydrogens is 451 g/mol. The number of carbonyl (C=O) groups excluding carboxylic acids is 1. The summed E-state index contributed by atoms with van der Waals surface area (Å²) in [6.07, 6.45) is 0. The van der Waals surface area contributed by atoms with Crippen LogP contribution in [0.1, 0.15) is 11.1 Å². The first-order valence-corrected chi connectivity index (χ1v) is 11.8. The second-order valence-corrected chi connectivity index (χ2v) is 9.81. The predicted octanol–water partition coefficient (Wildman–Crippen LogP) is 1.79. The van der Waals surface area contributed by atoms with E-state index >= 15 is 0 Å². The number of sulfonamides is 1. The summed E-state index contributed by atoms with van der Waals surface area (Å²) in [7, 11) is -3.66. The van der Waals surface area contributed by atoms with Crippen LogP contribution in [0.25, 0.3) is 11.5 Å². The molecule has 0 radical (unpaired) electrons. The van der Waals surface area contributed by atoms with Crippen LogP contribution in [0.4, 0.5) is 4.39 Å². The Labute approximate surface area is 190 Å². The highest BCUT2D eigenvalue weighted by molar-refractivity contribution is 7.89. The van der Waals surface area contributed by atoms with E-state index in [0.717, 1.165) is 15.8 Å². The summed E-state index contributed by atoms with van der Waals surface area (Å²) in [5.74, 6) is -1.63. The predicted molar refractivity (Wildman–Crippen MR) is 117 cm³/mol. The van der Waals surface area contributed by atoms with Crippen molar-refractivity contribution in [3.05, 3.63) is 70.0 Å². The van der Waals surface area contributed by atoms with Crippen LogP contribution in [-0.2, 0) is 21.4 Å². The van der Waals surface area contributed by atoms with Crippen molar-refractivity contribution >= 4 is 15.9 Å². The van der Waals surface area contributed by atoms with E-state index in [1.54, 1.807) is 18.2 Å². The van der Waals surface area contributed by atoms with Crippen molar-refractivity contribution in [1.29, 1.82) is 0 Å². The SMILES string of the molecule is Cc1ccc(S(=O)(=O)N2CCN(C(=O)Cn3nc(-c4ccc(F)cc4)oc3=O)CC2)cc1C. The molecule has 0 aliphatic carbocycles. The Morgan fingerprint density at radius 3 is 2.33 bits per heavy atom. The molecule has 0 saturated carbocycles. The van der Waals surface area contributed by atoms with E-state index in [1.165, 1.54) is 33.5 Å². The molecule has 0 bridgehead atoms. The maximum Gasteiger partial charge on any atom is 0.437 e. The molecule has 1 amide bonds. The zero-order chi connectivity index (χ0) is 23.8. The lowest BCUT2D eigenvalue weighted by Crippen LogP contribution is -2.51. The normalized spacial score (nSPS) is 15.1. The van der Waals surface area contributed by atoms with Crippen LogP contribution < -0.4 is 5.76 Å². The van der Waals surface area contributed by atoms with Gasteiger partial charge in [-0.05, 0) is 61.4 Å². The molecule has 2 aromatic carbocycles. The molecule has 33 heavy (non-hydrogen) atoms. The van der Waals surface area contributed by atoms with Gasteiger partial charge in [0.25, 0.3) is 0 Å². The minimum atomic E-state index is -3.66. The molecule has 1 aliphatic heterocycles. The second kappa shape index (κ2) is 8.91. The van der Waals surface area contributed by atoms with Crippen molar-refractivity contribution in [2.75, 3.05) is 26.2 Å². The maximum atomic E-state index is 13.1. The van der Waals surface area contributed by atoms with Gasteiger partial charge in [0.05, 0.1) is 4.90 Å². The molecule has 1 fully saturated rings. The zero-order valence-electron chi connectivity index (χ0n) is 18.2. The smallest absolute Gasteiger partial charge is 0.388 e. The fraction of sp³-hybridized carbons (Fsp3) is 0.318. The molecule has 2 heterocycles. The first-order chi connectivity index (χ1) is 15.6. The van der Waals surface area contributed by atoms with Crippen LogP contribution in [0.15, 0.2) is 56.6 Å². The highest BCUT2D eigenvalue weighted by Gasteiger charge is 2.30. The minimum Gasteiger partial charge on any atom is -0.388 e. The summed E-state index contributed by atoms with van der Waals surface area (Å²) < 4.78 is 46.3. The van der Waals surface area contributed by atoms with Gasteiger partial charge in [0.2, 0.25) is 21.8 Å². The van der Waals surface area contributed by atoms with Crippen molar-refractivity contribution in [1.82, 2.24) is 19.0 Å². The first-order valence-electron chi connectivity index (χ1n) is 10.3. The molecule has 1 saturated heterocycles. The number of amides is 1. The summed E-state index contributed by atoms with van der Waals surface area (Å²) in [6, 6.07) is 10.3. The number of aryl methyl sites for hydroxylation is 2. The van der Waals surface area contributed by atoms with E-state index in [9.17, 15) is 22.4 Å². The van der Waals surface area contributed by atoms with E-state index in [2.05, 4.69) is 5.10 Å². The number of rotatable bonds is 5. The number of piperazine rings is 1. The number of hydrogen-bond donors (Lipinski definition) is 0. The zero-order valence-corrected chi connectivity index (χ0v) is 19.0. The van der Waals surface area contributed by atoms with Gasteiger partial charge in [0, 0.05) is 31.7 Å². The molecule has 174 valence electrons. The Kier molecular flexibility index (Phi) is 6.17. The molecule has 0 atom stereocenters. The van der Waals surface area contributed by atoms with E-state index < -0.39 is 21.6 Å². The number of hydrogen-bond acceptors (Lipinski definition) is 6.